The van der Waals surface area contributed by atoms with Gasteiger partial charge in [0.15, 0.2) is 18.1 Å². The van der Waals surface area contributed by atoms with E-state index >= 15 is 0 Å². The Bertz CT molecular complexity index is 1070. The Morgan fingerprint density at radius 2 is 1.63 bits per heavy atom. The van der Waals surface area contributed by atoms with Gasteiger partial charge >= 0.3 is 5.97 Å². The Balaban J connectivity index is 1.61. The number of fused-ring (bicyclic) bond motifs is 1. The molecule has 3 aromatic rings. The summed E-state index contributed by atoms with van der Waals surface area (Å²) >= 11 is 0. The molecular formula is C22H23NO7. The largest absolute Gasteiger partial charge is 0.496 e. The number of furan rings is 1. The lowest BCUT2D eigenvalue weighted by atomic mass is 10.1. The van der Waals surface area contributed by atoms with Gasteiger partial charge in [0, 0.05) is 29.1 Å². The molecule has 0 aliphatic rings. The van der Waals surface area contributed by atoms with Crippen molar-refractivity contribution in [3.05, 3.63) is 53.3 Å². The average Bonchev–Trinajstić information content (AvgIpc) is 3.12. The SMILES string of the molecule is COc1cc(OC)c(OC)cc1CNC(=O)COC(=O)c1oc2ccccc2c1C. The molecular weight excluding hydrogens is 390 g/mol. The van der Waals surface area contributed by atoms with Gasteiger partial charge in [-0.2, -0.15) is 0 Å². The molecule has 158 valence electrons. The van der Waals surface area contributed by atoms with Crippen LogP contribution >= 0.6 is 0 Å². The number of hydrogen-bond acceptors (Lipinski definition) is 7. The molecule has 0 atom stereocenters. The van der Waals surface area contributed by atoms with Crippen LogP contribution in [0.2, 0.25) is 0 Å². The molecule has 8 heteroatoms. The highest BCUT2D eigenvalue weighted by molar-refractivity contribution is 5.96. The summed E-state index contributed by atoms with van der Waals surface area (Å²) in [6.07, 6.45) is 0. The predicted molar refractivity (Wildman–Crippen MR) is 109 cm³/mol. The third kappa shape index (κ3) is 4.32. The molecule has 0 aliphatic heterocycles. The molecule has 3 rings (SSSR count). The average molecular weight is 413 g/mol. The number of amides is 1. The van der Waals surface area contributed by atoms with E-state index in [0.29, 0.717) is 34.0 Å². The number of rotatable bonds is 8. The number of hydrogen-bond donors (Lipinski definition) is 1. The standard InChI is InChI=1S/C22H23NO7/c1-13-15-7-5-6-8-16(15)30-21(13)22(25)29-12-20(24)23-11-14-9-18(27-3)19(28-4)10-17(14)26-2/h5-10H,11-12H2,1-4H3,(H,23,24). The third-order valence-electron chi connectivity index (χ3n) is 4.63. The van der Waals surface area contributed by atoms with Gasteiger partial charge in [-0.3, -0.25) is 4.79 Å². The lowest BCUT2D eigenvalue weighted by Crippen LogP contribution is -2.28. The predicted octanol–water partition coefficient (Wildman–Crippen LogP) is 3.24. The van der Waals surface area contributed by atoms with E-state index in [1.165, 1.54) is 21.3 Å². The first-order valence-electron chi connectivity index (χ1n) is 9.19. The maximum Gasteiger partial charge on any atom is 0.375 e. The zero-order chi connectivity index (χ0) is 21.7. The van der Waals surface area contributed by atoms with Gasteiger partial charge in [0.1, 0.15) is 11.3 Å². The summed E-state index contributed by atoms with van der Waals surface area (Å²) < 4.78 is 26.5. The topological polar surface area (TPSA) is 96.2 Å². The molecule has 0 unspecified atom stereocenters. The highest BCUT2D eigenvalue weighted by Gasteiger charge is 2.20. The van der Waals surface area contributed by atoms with Crippen molar-refractivity contribution in [3.63, 3.8) is 0 Å². The van der Waals surface area contributed by atoms with Crippen LogP contribution in [-0.4, -0.2) is 39.8 Å². The van der Waals surface area contributed by atoms with E-state index in [2.05, 4.69) is 5.32 Å². The van der Waals surface area contributed by atoms with E-state index in [1.54, 1.807) is 25.1 Å². The molecule has 0 saturated carbocycles. The Labute approximate surface area is 173 Å². The molecule has 30 heavy (non-hydrogen) atoms. The Morgan fingerprint density at radius 3 is 2.30 bits per heavy atom. The molecule has 0 saturated heterocycles. The van der Waals surface area contributed by atoms with E-state index in [-0.39, 0.29) is 12.3 Å². The van der Waals surface area contributed by atoms with Crippen molar-refractivity contribution in [2.45, 2.75) is 13.5 Å². The van der Waals surface area contributed by atoms with E-state index in [0.717, 1.165) is 5.39 Å². The summed E-state index contributed by atoms with van der Waals surface area (Å²) in [7, 11) is 4.56. The number of para-hydroxylation sites is 1. The number of methoxy groups -OCH3 is 3. The van der Waals surface area contributed by atoms with Crippen LogP contribution < -0.4 is 19.5 Å². The van der Waals surface area contributed by atoms with Crippen molar-refractivity contribution in [1.29, 1.82) is 0 Å². The fourth-order valence-electron chi connectivity index (χ4n) is 3.04. The molecule has 1 aromatic heterocycles. The summed E-state index contributed by atoms with van der Waals surface area (Å²) in [4.78, 5) is 24.5. The van der Waals surface area contributed by atoms with Crippen LogP contribution in [0.3, 0.4) is 0 Å². The second kappa shape index (κ2) is 9.21. The van der Waals surface area contributed by atoms with Crippen molar-refractivity contribution in [2.24, 2.45) is 0 Å². The summed E-state index contributed by atoms with van der Waals surface area (Å²) in [5, 5.41) is 3.52. The van der Waals surface area contributed by atoms with Gasteiger partial charge in [0.05, 0.1) is 21.3 Å². The minimum Gasteiger partial charge on any atom is -0.496 e. The van der Waals surface area contributed by atoms with Gasteiger partial charge in [-0.15, -0.1) is 0 Å². The number of aryl methyl sites for hydroxylation is 1. The van der Waals surface area contributed by atoms with Gasteiger partial charge in [0.25, 0.3) is 5.91 Å². The van der Waals surface area contributed by atoms with Crippen LogP contribution in [-0.2, 0) is 16.1 Å². The number of carbonyl (C=O) groups excluding carboxylic acids is 2. The fraction of sp³-hybridized carbons (Fsp3) is 0.273. The van der Waals surface area contributed by atoms with Crippen LogP contribution in [0.25, 0.3) is 11.0 Å². The molecule has 8 nitrogen and oxygen atoms in total. The zero-order valence-electron chi connectivity index (χ0n) is 17.2. The maximum absolute atomic E-state index is 12.3. The quantitative estimate of drug-likeness (QED) is 0.566. The van der Waals surface area contributed by atoms with E-state index in [1.807, 2.05) is 18.2 Å². The molecule has 1 N–H and O–H groups in total. The monoisotopic (exact) mass is 413 g/mol. The Kier molecular flexibility index (Phi) is 6.46. The summed E-state index contributed by atoms with van der Waals surface area (Å²) in [6.45, 7) is 1.49. The molecule has 0 fully saturated rings. The first-order chi connectivity index (χ1) is 14.5. The second-order valence-electron chi connectivity index (χ2n) is 6.42. The highest BCUT2D eigenvalue weighted by Crippen LogP contribution is 2.34. The molecule has 1 heterocycles. The Morgan fingerprint density at radius 1 is 0.967 bits per heavy atom. The van der Waals surface area contributed by atoms with Crippen LogP contribution in [0, 0.1) is 6.92 Å². The van der Waals surface area contributed by atoms with E-state index < -0.39 is 18.5 Å². The minimum atomic E-state index is -0.692. The van der Waals surface area contributed by atoms with Crippen molar-refractivity contribution >= 4 is 22.8 Å². The molecule has 2 aromatic carbocycles. The fourth-order valence-corrected chi connectivity index (χ4v) is 3.04. The highest BCUT2D eigenvalue weighted by atomic mass is 16.5. The molecule has 0 bridgehead atoms. The van der Waals surface area contributed by atoms with Gasteiger partial charge in [-0.25, -0.2) is 4.79 Å². The van der Waals surface area contributed by atoms with Gasteiger partial charge in [-0.05, 0) is 19.1 Å². The van der Waals surface area contributed by atoms with E-state index in [9.17, 15) is 9.59 Å². The van der Waals surface area contributed by atoms with Crippen molar-refractivity contribution in [2.75, 3.05) is 27.9 Å². The lowest BCUT2D eigenvalue weighted by molar-refractivity contribution is -0.124. The maximum atomic E-state index is 12.3. The van der Waals surface area contributed by atoms with Crippen LogP contribution in [0.1, 0.15) is 21.7 Å². The van der Waals surface area contributed by atoms with Crippen LogP contribution in [0.15, 0.2) is 40.8 Å². The second-order valence-corrected chi connectivity index (χ2v) is 6.42. The zero-order valence-corrected chi connectivity index (χ0v) is 17.2. The van der Waals surface area contributed by atoms with Crippen molar-refractivity contribution in [1.82, 2.24) is 5.32 Å². The Hall–Kier alpha value is -3.68. The third-order valence-corrected chi connectivity index (χ3v) is 4.63. The molecule has 0 radical (unpaired) electrons. The first kappa shape index (κ1) is 21.0. The van der Waals surface area contributed by atoms with Crippen molar-refractivity contribution in [3.8, 4) is 17.2 Å². The number of nitrogens with one attached hydrogen (secondary N) is 1. The molecule has 0 spiro atoms. The van der Waals surface area contributed by atoms with E-state index in [4.69, 9.17) is 23.4 Å². The van der Waals surface area contributed by atoms with Crippen LogP contribution in [0.4, 0.5) is 0 Å². The summed E-state index contributed by atoms with van der Waals surface area (Å²) in [5.74, 6) is 0.485. The lowest BCUT2D eigenvalue weighted by Gasteiger charge is -2.14. The number of ether oxygens (including phenoxy) is 4. The minimum absolute atomic E-state index is 0.0885. The van der Waals surface area contributed by atoms with Gasteiger partial charge in [0.2, 0.25) is 5.76 Å². The summed E-state index contributed by atoms with van der Waals surface area (Å²) in [6, 6.07) is 10.7. The summed E-state index contributed by atoms with van der Waals surface area (Å²) in [5.41, 5.74) is 1.95. The van der Waals surface area contributed by atoms with Crippen molar-refractivity contribution < 1.29 is 33.0 Å². The molecule has 1 amide bonds. The first-order valence-corrected chi connectivity index (χ1v) is 9.19. The smallest absolute Gasteiger partial charge is 0.375 e. The van der Waals surface area contributed by atoms with Gasteiger partial charge in [-0.1, -0.05) is 18.2 Å². The number of esters is 1. The van der Waals surface area contributed by atoms with Crippen LogP contribution in [0.5, 0.6) is 17.2 Å². The molecule has 0 aliphatic carbocycles. The normalized spacial score (nSPS) is 10.5. The van der Waals surface area contributed by atoms with Gasteiger partial charge < -0.3 is 28.7 Å². The number of carbonyl (C=O) groups is 2. The number of benzene rings is 2.